The van der Waals surface area contributed by atoms with Crippen molar-refractivity contribution in [1.29, 1.82) is 0 Å². The Balaban J connectivity index is 2.31. The monoisotopic (exact) mass is 332 g/mol. The molecular weight excluding hydrogens is 325 g/mol. The predicted octanol–water partition coefficient (Wildman–Crippen LogP) is 4.79. The first-order chi connectivity index (χ1) is 9.88. The molecule has 21 heavy (non-hydrogen) atoms. The lowest BCUT2D eigenvalue weighted by Gasteiger charge is -2.09. The minimum Gasteiger partial charge on any atom is -0.373 e. The molecule has 2 aromatic rings. The Bertz CT molecular complexity index is 691. The Labute approximate surface area is 128 Å². The van der Waals surface area contributed by atoms with E-state index in [9.17, 15) is 18.9 Å². The molecule has 0 saturated heterocycles. The number of nitro benzene ring substituents is 1. The molecule has 2 aromatic carbocycles. The van der Waals surface area contributed by atoms with Gasteiger partial charge in [0.15, 0.2) is 17.3 Å². The standard InChI is InChI=1S/C13H8Cl2F2N2O2/c14-8-3-7(4-9(15)5-8)6-18-13-11(19(20)21)2-1-10(16)12(13)17/h1-5,18H,6H2. The lowest BCUT2D eigenvalue weighted by Crippen LogP contribution is -2.06. The van der Waals surface area contributed by atoms with Gasteiger partial charge in [-0.25, -0.2) is 8.78 Å². The second-order valence-electron chi connectivity index (χ2n) is 4.14. The lowest BCUT2D eigenvalue weighted by atomic mass is 10.2. The van der Waals surface area contributed by atoms with Crippen LogP contribution >= 0.6 is 23.2 Å². The normalized spacial score (nSPS) is 10.5. The van der Waals surface area contributed by atoms with E-state index in [1.165, 1.54) is 6.07 Å². The molecule has 0 bridgehead atoms. The fourth-order valence-electron chi connectivity index (χ4n) is 1.76. The van der Waals surface area contributed by atoms with Crippen molar-refractivity contribution in [2.24, 2.45) is 0 Å². The van der Waals surface area contributed by atoms with Gasteiger partial charge in [0.05, 0.1) is 4.92 Å². The first kappa shape index (κ1) is 15.5. The number of hydrogen-bond acceptors (Lipinski definition) is 3. The summed E-state index contributed by atoms with van der Waals surface area (Å²) in [5.41, 5.74) is -0.497. The quantitative estimate of drug-likeness (QED) is 0.646. The summed E-state index contributed by atoms with van der Waals surface area (Å²) in [6.07, 6.45) is 0. The van der Waals surface area contributed by atoms with Gasteiger partial charge >= 0.3 is 0 Å². The van der Waals surface area contributed by atoms with Gasteiger partial charge in [-0.05, 0) is 29.8 Å². The van der Waals surface area contributed by atoms with Gasteiger partial charge < -0.3 is 5.32 Å². The van der Waals surface area contributed by atoms with E-state index in [0.29, 0.717) is 21.7 Å². The number of nitrogens with one attached hydrogen (secondary N) is 1. The van der Waals surface area contributed by atoms with Crippen LogP contribution in [0.5, 0.6) is 0 Å². The zero-order chi connectivity index (χ0) is 15.6. The van der Waals surface area contributed by atoms with E-state index in [-0.39, 0.29) is 6.54 Å². The van der Waals surface area contributed by atoms with Gasteiger partial charge in [-0.15, -0.1) is 0 Å². The molecule has 0 unspecified atom stereocenters. The van der Waals surface area contributed by atoms with Crippen LogP contribution in [0.3, 0.4) is 0 Å². The molecule has 110 valence electrons. The van der Waals surface area contributed by atoms with E-state index in [0.717, 1.165) is 6.07 Å². The molecule has 0 heterocycles. The van der Waals surface area contributed by atoms with E-state index in [4.69, 9.17) is 23.2 Å². The third kappa shape index (κ3) is 3.59. The van der Waals surface area contributed by atoms with Gasteiger partial charge in [-0.3, -0.25) is 10.1 Å². The second kappa shape index (κ2) is 6.24. The smallest absolute Gasteiger partial charge is 0.295 e. The van der Waals surface area contributed by atoms with Crippen LogP contribution in [0.1, 0.15) is 5.56 Å². The molecular formula is C13H8Cl2F2N2O2. The average molecular weight is 333 g/mol. The number of halogens is 4. The third-order valence-corrected chi connectivity index (χ3v) is 3.10. The first-order valence-electron chi connectivity index (χ1n) is 5.69. The first-order valence-corrected chi connectivity index (χ1v) is 6.45. The molecule has 0 spiro atoms. The molecule has 0 saturated carbocycles. The summed E-state index contributed by atoms with van der Waals surface area (Å²) in [5, 5.41) is 14.1. The maximum atomic E-state index is 13.7. The number of benzene rings is 2. The van der Waals surface area contributed by atoms with Crippen LogP contribution in [-0.2, 0) is 6.54 Å². The zero-order valence-corrected chi connectivity index (χ0v) is 11.9. The van der Waals surface area contributed by atoms with Crippen molar-refractivity contribution in [3.8, 4) is 0 Å². The van der Waals surface area contributed by atoms with Gasteiger partial charge in [-0.2, -0.15) is 0 Å². The highest BCUT2D eigenvalue weighted by molar-refractivity contribution is 6.34. The number of nitrogens with zero attached hydrogens (tertiary/aromatic N) is 1. The molecule has 0 atom stereocenters. The molecule has 0 aromatic heterocycles. The van der Waals surface area contributed by atoms with Crippen molar-refractivity contribution in [2.75, 3.05) is 5.32 Å². The summed E-state index contributed by atoms with van der Waals surface area (Å²) in [6, 6.07) is 6.23. The van der Waals surface area contributed by atoms with Crippen molar-refractivity contribution in [3.63, 3.8) is 0 Å². The Morgan fingerprint density at radius 1 is 1.14 bits per heavy atom. The van der Waals surface area contributed by atoms with Crippen LogP contribution in [0.4, 0.5) is 20.2 Å². The Morgan fingerprint density at radius 2 is 1.76 bits per heavy atom. The maximum absolute atomic E-state index is 13.7. The third-order valence-electron chi connectivity index (χ3n) is 2.66. The summed E-state index contributed by atoms with van der Waals surface area (Å²) >= 11 is 11.6. The minimum atomic E-state index is -1.31. The van der Waals surface area contributed by atoms with E-state index in [1.807, 2.05) is 0 Å². The van der Waals surface area contributed by atoms with Crippen LogP contribution in [0.2, 0.25) is 10.0 Å². The highest BCUT2D eigenvalue weighted by atomic mass is 35.5. The van der Waals surface area contributed by atoms with Crippen LogP contribution in [-0.4, -0.2) is 4.92 Å². The SMILES string of the molecule is O=[N+]([O-])c1ccc(F)c(F)c1NCc1cc(Cl)cc(Cl)c1. The highest BCUT2D eigenvalue weighted by Crippen LogP contribution is 2.30. The maximum Gasteiger partial charge on any atom is 0.295 e. The molecule has 0 aliphatic heterocycles. The second-order valence-corrected chi connectivity index (χ2v) is 5.02. The molecule has 8 heteroatoms. The van der Waals surface area contributed by atoms with Gasteiger partial charge in [0.2, 0.25) is 0 Å². The molecule has 0 radical (unpaired) electrons. The summed E-state index contributed by atoms with van der Waals surface area (Å²) in [4.78, 5) is 10.0. The zero-order valence-electron chi connectivity index (χ0n) is 10.4. The van der Waals surface area contributed by atoms with Crippen LogP contribution in [0, 0.1) is 21.7 Å². The fourth-order valence-corrected chi connectivity index (χ4v) is 2.34. The van der Waals surface area contributed by atoms with Crippen molar-refractivity contribution in [1.82, 2.24) is 0 Å². The van der Waals surface area contributed by atoms with E-state index in [2.05, 4.69) is 5.32 Å². The molecule has 0 aliphatic rings. The summed E-state index contributed by atoms with van der Waals surface area (Å²) in [6.45, 7) is 0.00148. The molecule has 1 N–H and O–H groups in total. The number of rotatable bonds is 4. The molecule has 4 nitrogen and oxygen atoms in total. The number of anilines is 1. The van der Waals surface area contributed by atoms with Crippen LogP contribution in [0.15, 0.2) is 30.3 Å². The number of nitro groups is 1. The van der Waals surface area contributed by atoms with Crippen LogP contribution < -0.4 is 5.32 Å². The summed E-state index contributed by atoms with van der Waals surface area (Å²) in [7, 11) is 0. The van der Waals surface area contributed by atoms with E-state index in [1.54, 1.807) is 12.1 Å². The van der Waals surface area contributed by atoms with Crippen molar-refractivity contribution in [3.05, 3.63) is 67.7 Å². The van der Waals surface area contributed by atoms with E-state index < -0.39 is 27.9 Å². The minimum absolute atomic E-state index is 0.00148. The van der Waals surface area contributed by atoms with E-state index >= 15 is 0 Å². The van der Waals surface area contributed by atoms with Gasteiger partial charge in [0, 0.05) is 22.7 Å². The Morgan fingerprint density at radius 3 is 2.33 bits per heavy atom. The fraction of sp³-hybridized carbons (Fsp3) is 0.0769. The predicted molar refractivity (Wildman–Crippen MR) is 76.8 cm³/mol. The Kier molecular flexibility index (Phi) is 4.59. The van der Waals surface area contributed by atoms with Crippen molar-refractivity contribution >= 4 is 34.6 Å². The van der Waals surface area contributed by atoms with Crippen LogP contribution in [0.25, 0.3) is 0 Å². The lowest BCUT2D eigenvalue weighted by molar-refractivity contribution is -0.384. The highest BCUT2D eigenvalue weighted by Gasteiger charge is 2.21. The summed E-state index contributed by atoms with van der Waals surface area (Å²) < 4.78 is 26.9. The molecule has 0 aliphatic carbocycles. The van der Waals surface area contributed by atoms with Gasteiger partial charge in [0.25, 0.3) is 5.69 Å². The largest absolute Gasteiger partial charge is 0.373 e. The molecule has 0 fully saturated rings. The number of hydrogen-bond donors (Lipinski definition) is 1. The average Bonchev–Trinajstić information content (AvgIpc) is 2.39. The van der Waals surface area contributed by atoms with Gasteiger partial charge in [0.1, 0.15) is 0 Å². The Hall–Kier alpha value is -1.92. The summed E-state index contributed by atoms with van der Waals surface area (Å²) in [5.74, 6) is -2.48. The molecule has 0 amide bonds. The van der Waals surface area contributed by atoms with Crippen molar-refractivity contribution < 1.29 is 13.7 Å². The van der Waals surface area contributed by atoms with Gasteiger partial charge in [-0.1, -0.05) is 23.2 Å². The topological polar surface area (TPSA) is 55.2 Å². The molecule has 2 rings (SSSR count). The van der Waals surface area contributed by atoms with Crippen molar-refractivity contribution in [2.45, 2.75) is 6.54 Å².